The molecule has 6 heteroatoms. The Hall–Kier alpha value is -1.66. The maximum absolute atomic E-state index is 12.5. The Morgan fingerprint density at radius 3 is 1.08 bits per heavy atom. The summed E-state index contributed by atoms with van der Waals surface area (Å²) in [4.78, 5) is 24.6. The second kappa shape index (κ2) is 60.9. The zero-order valence-corrected chi connectivity index (χ0v) is 48.0. The van der Waals surface area contributed by atoms with E-state index in [0.717, 1.165) is 51.4 Å². The number of carbonyl (C=O) groups is 2. The molecule has 2 atom stereocenters. The SMILES string of the molecule is CCCCCC/C=C\C/C=C\CCCCCCCC(=O)OCCCCCCCCCCCCCCCCCCCCCCCC(=O)NC(CO)C(O)CCCCCCCCCCCCCCCCCCC. The lowest BCUT2D eigenvalue weighted by atomic mass is 10.0. The summed E-state index contributed by atoms with van der Waals surface area (Å²) in [5.41, 5.74) is 0. The van der Waals surface area contributed by atoms with Gasteiger partial charge in [-0.25, -0.2) is 0 Å². The van der Waals surface area contributed by atoms with Crippen LogP contribution in [0.15, 0.2) is 24.3 Å². The van der Waals surface area contributed by atoms with E-state index in [2.05, 4.69) is 43.5 Å². The number of allylic oxidation sites excluding steroid dienone is 4. The number of aliphatic hydroxyl groups excluding tert-OH is 2. The molecule has 0 heterocycles. The third-order valence-corrected chi connectivity index (χ3v) is 15.0. The molecule has 0 aliphatic rings. The summed E-state index contributed by atoms with van der Waals surface area (Å²) in [5, 5.41) is 23.3. The summed E-state index contributed by atoms with van der Waals surface area (Å²) < 4.78 is 5.48. The van der Waals surface area contributed by atoms with E-state index in [0.29, 0.717) is 25.9 Å². The molecule has 0 saturated carbocycles. The molecule has 2 unspecified atom stereocenters. The number of hydrogen-bond donors (Lipinski definition) is 3. The second-order valence-electron chi connectivity index (χ2n) is 22.1. The van der Waals surface area contributed by atoms with Gasteiger partial charge in [-0.15, -0.1) is 0 Å². The van der Waals surface area contributed by atoms with Crippen molar-refractivity contribution in [3.8, 4) is 0 Å². The number of unbranched alkanes of at least 4 members (excludes halogenated alkanes) is 45. The number of hydrogen-bond acceptors (Lipinski definition) is 5. The van der Waals surface area contributed by atoms with Crippen LogP contribution in [0.25, 0.3) is 0 Å². The zero-order chi connectivity index (χ0) is 51.4. The van der Waals surface area contributed by atoms with Crippen molar-refractivity contribution in [1.82, 2.24) is 5.32 Å². The monoisotopic (exact) mass is 1000 g/mol. The molecule has 0 aliphatic carbocycles. The topological polar surface area (TPSA) is 95.9 Å². The van der Waals surface area contributed by atoms with E-state index in [-0.39, 0.29) is 18.5 Å². The highest BCUT2D eigenvalue weighted by Crippen LogP contribution is 2.18. The molecule has 71 heavy (non-hydrogen) atoms. The van der Waals surface area contributed by atoms with Crippen LogP contribution in [-0.2, 0) is 14.3 Å². The highest BCUT2D eigenvalue weighted by Gasteiger charge is 2.20. The molecule has 3 N–H and O–H groups in total. The van der Waals surface area contributed by atoms with Gasteiger partial charge in [-0.1, -0.05) is 308 Å². The van der Waals surface area contributed by atoms with Crippen molar-refractivity contribution in [3.05, 3.63) is 24.3 Å². The molecule has 0 fully saturated rings. The molecule has 420 valence electrons. The van der Waals surface area contributed by atoms with Gasteiger partial charge in [0, 0.05) is 12.8 Å². The van der Waals surface area contributed by atoms with Crippen molar-refractivity contribution in [3.63, 3.8) is 0 Å². The van der Waals surface area contributed by atoms with Crippen LogP contribution >= 0.6 is 0 Å². The predicted molar refractivity (Wildman–Crippen MR) is 310 cm³/mol. The van der Waals surface area contributed by atoms with Crippen LogP contribution < -0.4 is 5.32 Å². The molecule has 0 aromatic rings. The largest absolute Gasteiger partial charge is 0.466 e. The summed E-state index contributed by atoms with van der Waals surface area (Å²) >= 11 is 0. The second-order valence-corrected chi connectivity index (χ2v) is 22.1. The van der Waals surface area contributed by atoms with Gasteiger partial charge in [0.2, 0.25) is 5.91 Å². The van der Waals surface area contributed by atoms with Gasteiger partial charge in [-0.05, 0) is 57.8 Å². The Balaban J connectivity index is 3.39. The Morgan fingerprint density at radius 1 is 0.394 bits per heavy atom. The lowest BCUT2D eigenvalue weighted by Crippen LogP contribution is -2.45. The summed E-state index contributed by atoms with van der Waals surface area (Å²) in [6.45, 7) is 4.95. The summed E-state index contributed by atoms with van der Waals surface area (Å²) in [6.07, 6.45) is 74.7. The number of carbonyl (C=O) groups excluding carboxylic acids is 2. The standard InChI is InChI=1S/C65H125NO5/c1-3-5-7-9-11-13-15-17-19-26-29-33-37-41-45-49-53-57-63(68)62(61-67)66-64(69)58-54-50-46-42-38-34-30-27-24-22-21-23-25-28-32-36-40-44-48-52-56-60-71-65(70)59-55-51-47-43-39-35-31-20-18-16-14-12-10-8-6-4-2/h14,16,20,31,62-63,67-68H,3-13,15,17-19,21-30,32-61H2,1-2H3,(H,66,69)/b16-14-,31-20-. The van der Waals surface area contributed by atoms with Gasteiger partial charge in [0.1, 0.15) is 0 Å². The van der Waals surface area contributed by atoms with Gasteiger partial charge >= 0.3 is 5.97 Å². The lowest BCUT2D eigenvalue weighted by Gasteiger charge is -2.22. The van der Waals surface area contributed by atoms with Crippen LogP contribution in [0.1, 0.15) is 354 Å². The van der Waals surface area contributed by atoms with Crippen molar-refractivity contribution in [1.29, 1.82) is 0 Å². The van der Waals surface area contributed by atoms with E-state index in [1.807, 2.05) is 0 Å². The third-order valence-electron chi connectivity index (χ3n) is 15.0. The third kappa shape index (κ3) is 57.5. The van der Waals surface area contributed by atoms with Gasteiger partial charge in [-0.3, -0.25) is 9.59 Å². The molecule has 0 rings (SSSR count). The Labute approximate surface area is 443 Å². The summed E-state index contributed by atoms with van der Waals surface area (Å²) in [7, 11) is 0. The first-order valence-corrected chi connectivity index (χ1v) is 32.1. The minimum absolute atomic E-state index is 0.000831. The van der Waals surface area contributed by atoms with Crippen LogP contribution in [0.4, 0.5) is 0 Å². The molecule has 0 bridgehead atoms. The van der Waals surface area contributed by atoms with Gasteiger partial charge in [0.15, 0.2) is 0 Å². The number of rotatable bonds is 60. The van der Waals surface area contributed by atoms with E-state index in [9.17, 15) is 19.8 Å². The molecule has 0 aromatic carbocycles. The number of aliphatic hydroxyl groups is 2. The minimum Gasteiger partial charge on any atom is -0.466 e. The number of nitrogens with one attached hydrogen (secondary N) is 1. The van der Waals surface area contributed by atoms with Gasteiger partial charge in [0.05, 0.1) is 25.4 Å². The van der Waals surface area contributed by atoms with E-state index in [1.165, 1.54) is 270 Å². The van der Waals surface area contributed by atoms with Crippen molar-refractivity contribution in [2.24, 2.45) is 0 Å². The lowest BCUT2D eigenvalue weighted by molar-refractivity contribution is -0.143. The van der Waals surface area contributed by atoms with Crippen molar-refractivity contribution < 1.29 is 24.5 Å². The van der Waals surface area contributed by atoms with Gasteiger partial charge in [-0.2, -0.15) is 0 Å². The van der Waals surface area contributed by atoms with Crippen LogP contribution in [0, 0.1) is 0 Å². The summed E-state index contributed by atoms with van der Waals surface area (Å²) in [6, 6.07) is -0.542. The maximum atomic E-state index is 12.5. The first-order chi connectivity index (χ1) is 35.0. The van der Waals surface area contributed by atoms with Crippen LogP contribution in [-0.4, -0.2) is 47.4 Å². The van der Waals surface area contributed by atoms with Gasteiger partial charge in [0.25, 0.3) is 0 Å². The molecule has 0 aromatic heterocycles. The fraction of sp³-hybridized carbons (Fsp3) is 0.908. The van der Waals surface area contributed by atoms with Crippen molar-refractivity contribution in [2.75, 3.05) is 13.2 Å². The van der Waals surface area contributed by atoms with E-state index < -0.39 is 12.1 Å². The molecule has 6 nitrogen and oxygen atoms in total. The first-order valence-electron chi connectivity index (χ1n) is 32.1. The Morgan fingerprint density at radius 2 is 0.704 bits per heavy atom. The predicted octanol–water partition coefficient (Wildman–Crippen LogP) is 20.2. The van der Waals surface area contributed by atoms with Crippen LogP contribution in [0.2, 0.25) is 0 Å². The normalized spacial score (nSPS) is 12.7. The number of ether oxygens (including phenoxy) is 1. The minimum atomic E-state index is -0.665. The number of esters is 1. The fourth-order valence-corrected chi connectivity index (χ4v) is 10.1. The summed E-state index contributed by atoms with van der Waals surface area (Å²) in [5.74, 6) is -0.0342. The molecule has 0 aliphatic heterocycles. The molecular weight excluding hydrogens is 875 g/mol. The maximum Gasteiger partial charge on any atom is 0.305 e. The number of amides is 1. The van der Waals surface area contributed by atoms with E-state index in [1.54, 1.807) is 0 Å². The first kappa shape index (κ1) is 69.3. The highest BCUT2D eigenvalue weighted by molar-refractivity contribution is 5.76. The highest BCUT2D eigenvalue weighted by atomic mass is 16.5. The molecule has 0 spiro atoms. The van der Waals surface area contributed by atoms with E-state index in [4.69, 9.17) is 4.74 Å². The quantitative estimate of drug-likeness (QED) is 0.0320. The Kier molecular flexibility index (Phi) is 59.5. The van der Waals surface area contributed by atoms with Crippen LogP contribution in [0.5, 0.6) is 0 Å². The zero-order valence-electron chi connectivity index (χ0n) is 48.0. The van der Waals surface area contributed by atoms with Crippen LogP contribution in [0.3, 0.4) is 0 Å². The van der Waals surface area contributed by atoms with Crippen molar-refractivity contribution >= 4 is 11.9 Å². The molecule has 1 amide bonds. The molecule has 0 saturated heterocycles. The van der Waals surface area contributed by atoms with E-state index >= 15 is 0 Å². The average molecular weight is 1000 g/mol. The fourth-order valence-electron chi connectivity index (χ4n) is 10.1. The average Bonchev–Trinajstić information content (AvgIpc) is 3.37. The van der Waals surface area contributed by atoms with Crippen molar-refractivity contribution in [2.45, 2.75) is 366 Å². The molecular formula is C65H125NO5. The Bertz CT molecular complexity index is 1110. The molecule has 0 radical (unpaired) electrons. The smallest absolute Gasteiger partial charge is 0.305 e. The van der Waals surface area contributed by atoms with Gasteiger partial charge < -0.3 is 20.3 Å².